The zero-order chi connectivity index (χ0) is 21.7. The van der Waals surface area contributed by atoms with Crippen LogP contribution in [0, 0.1) is 11.8 Å². The summed E-state index contributed by atoms with van der Waals surface area (Å²) in [7, 11) is 0. The molecule has 0 spiro atoms. The highest BCUT2D eigenvalue weighted by Crippen LogP contribution is 2.17. The molecule has 0 bridgehead atoms. The van der Waals surface area contributed by atoms with Crippen molar-refractivity contribution in [3.05, 3.63) is 25.3 Å². The summed E-state index contributed by atoms with van der Waals surface area (Å²) in [6.45, 7) is 11.2. The number of hydrogen-bond acceptors (Lipinski definition) is 3. The zero-order valence-electron chi connectivity index (χ0n) is 19.3. The second-order valence-electron chi connectivity index (χ2n) is 8.52. The molecule has 3 nitrogen and oxygen atoms in total. The topological polar surface area (TPSA) is 43.4 Å². The van der Waals surface area contributed by atoms with Crippen molar-refractivity contribution in [2.75, 3.05) is 0 Å². The summed E-state index contributed by atoms with van der Waals surface area (Å²) >= 11 is 0. The molecule has 2 unspecified atom stereocenters. The summed E-state index contributed by atoms with van der Waals surface area (Å²) in [6, 6.07) is 0. The molecule has 0 amide bonds. The van der Waals surface area contributed by atoms with Crippen LogP contribution >= 0.6 is 0 Å². The summed E-state index contributed by atoms with van der Waals surface area (Å²) < 4.78 is 5.12. The van der Waals surface area contributed by atoms with Crippen molar-refractivity contribution in [3.8, 4) is 0 Å². The highest BCUT2D eigenvalue weighted by atomic mass is 16.6. The molecular formula is C26H46O3. The van der Waals surface area contributed by atoms with E-state index in [1.54, 1.807) is 0 Å². The highest BCUT2D eigenvalue weighted by Gasteiger charge is 2.21. The van der Waals surface area contributed by atoms with E-state index in [0.717, 1.165) is 51.4 Å². The maximum absolute atomic E-state index is 12.1. The third-order valence-electron chi connectivity index (χ3n) is 5.60. The van der Waals surface area contributed by atoms with Gasteiger partial charge in [0.1, 0.15) is 0 Å². The largest absolute Gasteiger partial charge is 0.393 e. The number of allylic oxidation sites excluding steroid dienone is 2. The summed E-state index contributed by atoms with van der Waals surface area (Å²) in [4.78, 5) is 24.3. The van der Waals surface area contributed by atoms with Gasteiger partial charge in [-0.1, -0.05) is 90.2 Å². The molecule has 0 aromatic heterocycles. The van der Waals surface area contributed by atoms with Gasteiger partial charge >= 0.3 is 11.9 Å². The van der Waals surface area contributed by atoms with Crippen molar-refractivity contribution in [3.63, 3.8) is 0 Å². The highest BCUT2D eigenvalue weighted by molar-refractivity contribution is 5.87. The fourth-order valence-corrected chi connectivity index (χ4v) is 3.43. The lowest BCUT2D eigenvalue weighted by Crippen LogP contribution is -2.23. The molecule has 0 aromatic rings. The van der Waals surface area contributed by atoms with Crippen molar-refractivity contribution in [1.29, 1.82) is 0 Å². The molecule has 0 fully saturated rings. The molecule has 0 aromatic carbocycles. The van der Waals surface area contributed by atoms with E-state index in [0.29, 0.717) is 0 Å². The van der Waals surface area contributed by atoms with Gasteiger partial charge in [0, 0.05) is 0 Å². The predicted octanol–water partition coefficient (Wildman–Crippen LogP) is 7.94. The van der Waals surface area contributed by atoms with Gasteiger partial charge in [-0.05, 0) is 38.5 Å². The van der Waals surface area contributed by atoms with Crippen LogP contribution in [0.25, 0.3) is 0 Å². The van der Waals surface area contributed by atoms with Crippen LogP contribution in [0.3, 0.4) is 0 Å². The number of carbonyl (C=O) groups is 2. The maximum atomic E-state index is 12.1. The Morgan fingerprint density at radius 1 is 0.621 bits per heavy atom. The van der Waals surface area contributed by atoms with Crippen molar-refractivity contribution in [2.24, 2.45) is 11.8 Å². The molecule has 0 saturated carbocycles. The second kappa shape index (κ2) is 19.9. The Hall–Kier alpha value is -1.38. The minimum atomic E-state index is -0.352. The van der Waals surface area contributed by atoms with Gasteiger partial charge in [-0.3, -0.25) is 9.59 Å². The number of hydrogen-bond donors (Lipinski definition) is 0. The molecule has 0 aliphatic rings. The lowest BCUT2D eigenvalue weighted by Gasteiger charge is -2.13. The smallest absolute Gasteiger partial charge is 0.316 e. The van der Waals surface area contributed by atoms with Crippen LogP contribution in [0.15, 0.2) is 25.3 Å². The standard InChI is InChI=1S/C26H46O3/c1-5-7-9-11-13-15-17-19-21-23(3)25(27)29-26(28)24(4)22-20-18-16-14-12-10-8-6-2/h5-6,23-24H,1-2,7-22H2,3-4H3. The van der Waals surface area contributed by atoms with Crippen molar-refractivity contribution >= 4 is 11.9 Å². The fraction of sp³-hybridized carbons (Fsp3) is 0.769. The Morgan fingerprint density at radius 3 is 1.28 bits per heavy atom. The molecule has 0 saturated heterocycles. The third-order valence-corrected chi connectivity index (χ3v) is 5.60. The fourth-order valence-electron chi connectivity index (χ4n) is 3.43. The number of ether oxygens (including phenoxy) is 1. The Bertz CT molecular complexity index is 401. The Kier molecular flexibility index (Phi) is 19.0. The molecule has 0 aliphatic heterocycles. The summed E-state index contributed by atoms with van der Waals surface area (Å²) in [5.41, 5.74) is 0. The maximum Gasteiger partial charge on any atom is 0.316 e. The molecule has 168 valence electrons. The van der Waals surface area contributed by atoms with Gasteiger partial charge in [-0.15, -0.1) is 13.2 Å². The van der Waals surface area contributed by atoms with Crippen LogP contribution in [0.2, 0.25) is 0 Å². The molecule has 2 atom stereocenters. The quantitative estimate of drug-likeness (QED) is 0.0891. The normalized spacial score (nSPS) is 12.9. The molecule has 29 heavy (non-hydrogen) atoms. The minimum Gasteiger partial charge on any atom is -0.393 e. The zero-order valence-corrected chi connectivity index (χ0v) is 19.3. The van der Waals surface area contributed by atoms with Gasteiger partial charge in [0.25, 0.3) is 0 Å². The van der Waals surface area contributed by atoms with Crippen molar-refractivity contribution in [1.82, 2.24) is 0 Å². The van der Waals surface area contributed by atoms with Gasteiger partial charge in [0.2, 0.25) is 0 Å². The Balaban J connectivity index is 3.72. The van der Waals surface area contributed by atoms with Gasteiger partial charge in [-0.25, -0.2) is 0 Å². The third kappa shape index (κ3) is 17.2. The molecule has 0 heterocycles. The van der Waals surface area contributed by atoms with E-state index < -0.39 is 0 Å². The van der Waals surface area contributed by atoms with Crippen molar-refractivity contribution < 1.29 is 14.3 Å². The van der Waals surface area contributed by atoms with E-state index in [9.17, 15) is 9.59 Å². The van der Waals surface area contributed by atoms with Crippen LogP contribution in [-0.2, 0) is 14.3 Å². The van der Waals surface area contributed by atoms with Crippen LogP contribution in [-0.4, -0.2) is 11.9 Å². The molecule has 0 radical (unpaired) electrons. The molecule has 3 heteroatoms. The van der Waals surface area contributed by atoms with E-state index in [4.69, 9.17) is 4.74 Å². The lowest BCUT2D eigenvalue weighted by molar-refractivity contribution is -0.165. The van der Waals surface area contributed by atoms with Gasteiger partial charge < -0.3 is 4.74 Å². The molecule has 0 rings (SSSR count). The average molecular weight is 407 g/mol. The van der Waals surface area contributed by atoms with Crippen LogP contribution < -0.4 is 0 Å². The van der Waals surface area contributed by atoms with Crippen LogP contribution in [0.1, 0.15) is 117 Å². The summed E-state index contributed by atoms with van der Waals surface area (Å²) in [5, 5.41) is 0. The van der Waals surface area contributed by atoms with Crippen LogP contribution in [0.4, 0.5) is 0 Å². The molecule has 0 N–H and O–H groups in total. The van der Waals surface area contributed by atoms with E-state index in [2.05, 4.69) is 13.2 Å². The minimum absolute atomic E-state index is 0.192. The van der Waals surface area contributed by atoms with Gasteiger partial charge in [-0.2, -0.15) is 0 Å². The number of unbranched alkanes of at least 4 members (excludes halogenated alkanes) is 12. The Morgan fingerprint density at radius 2 is 0.931 bits per heavy atom. The number of carbonyl (C=O) groups excluding carboxylic acids is 2. The van der Waals surface area contributed by atoms with Gasteiger partial charge in [0.05, 0.1) is 11.8 Å². The Labute approximate surface area is 180 Å². The van der Waals surface area contributed by atoms with Gasteiger partial charge in [0.15, 0.2) is 0 Å². The monoisotopic (exact) mass is 406 g/mol. The van der Waals surface area contributed by atoms with E-state index in [1.165, 1.54) is 51.4 Å². The lowest BCUT2D eigenvalue weighted by atomic mass is 10.0. The predicted molar refractivity (Wildman–Crippen MR) is 124 cm³/mol. The number of rotatable bonds is 20. The first kappa shape index (κ1) is 27.6. The first-order valence-electron chi connectivity index (χ1n) is 12.0. The summed E-state index contributed by atoms with van der Waals surface area (Å²) in [6.07, 6.45) is 22.0. The summed E-state index contributed by atoms with van der Waals surface area (Å²) in [5.74, 6) is -1.09. The second-order valence-corrected chi connectivity index (χ2v) is 8.52. The van der Waals surface area contributed by atoms with E-state index in [-0.39, 0.29) is 23.8 Å². The van der Waals surface area contributed by atoms with Crippen LogP contribution in [0.5, 0.6) is 0 Å². The van der Waals surface area contributed by atoms with E-state index in [1.807, 2.05) is 26.0 Å². The van der Waals surface area contributed by atoms with E-state index >= 15 is 0 Å². The van der Waals surface area contributed by atoms with Crippen molar-refractivity contribution in [2.45, 2.75) is 117 Å². The first-order valence-corrected chi connectivity index (χ1v) is 12.0. The first-order chi connectivity index (χ1) is 14.0. The molecular weight excluding hydrogens is 360 g/mol. The SMILES string of the molecule is C=CCCCCCCCCC(C)C(=O)OC(=O)C(C)CCCCCCCCC=C. The average Bonchev–Trinajstić information content (AvgIpc) is 2.71. The number of esters is 2. The molecule has 0 aliphatic carbocycles.